The van der Waals surface area contributed by atoms with Crippen molar-refractivity contribution in [2.45, 2.75) is 24.8 Å². The summed E-state index contributed by atoms with van der Waals surface area (Å²) in [5.74, 6) is -0.578. The average Bonchev–Trinajstić information content (AvgIpc) is 3.04. The number of nitrogens with one attached hydrogen (secondary N) is 1. The molecule has 27 heavy (non-hydrogen) atoms. The Balaban J connectivity index is 1.86. The van der Waals surface area contributed by atoms with Crippen LogP contribution in [0.2, 0.25) is 0 Å². The zero-order valence-corrected chi connectivity index (χ0v) is 15.8. The largest absolute Gasteiger partial charge is 0.377 e. The van der Waals surface area contributed by atoms with E-state index in [0.29, 0.717) is 11.1 Å². The van der Waals surface area contributed by atoms with Gasteiger partial charge in [-0.3, -0.25) is 4.79 Å². The summed E-state index contributed by atoms with van der Waals surface area (Å²) in [6, 6.07) is 8.16. The molecule has 2 unspecified atom stereocenters. The molecular weight excluding hydrogens is 407 g/mol. The highest BCUT2D eigenvalue weighted by Gasteiger charge is 2.39. The van der Waals surface area contributed by atoms with Gasteiger partial charge in [-0.05, 0) is 59.4 Å². The van der Waals surface area contributed by atoms with Gasteiger partial charge in [0.05, 0.1) is 11.6 Å². The summed E-state index contributed by atoms with van der Waals surface area (Å²) in [4.78, 5) is 12.1. The maximum atomic E-state index is 13.9. The van der Waals surface area contributed by atoms with Crippen LogP contribution in [0.15, 0.2) is 46.7 Å². The van der Waals surface area contributed by atoms with Crippen molar-refractivity contribution in [1.82, 2.24) is 0 Å². The number of carbonyl (C=O) groups excluding carboxylic acids is 1. The van der Waals surface area contributed by atoms with Gasteiger partial charge in [0.1, 0.15) is 11.9 Å². The number of fused-ring (bicyclic) bond motifs is 7. The quantitative estimate of drug-likeness (QED) is 0.644. The van der Waals surface area contributed by atoms with Crippen LogP contribution in [-0.2, 0) is 12.8 Å². The molecule has 2 aromatic carbocycles. The van der Waals surface area contributed by atoms with Gasteiger partial charge in [-0.2, -0.15) is 5.26 Å². The second-order valence-corrected chi connectivity index (χ2v) is 7.98. The molecule has 0 saturated heterocycles. The number of anilines is 1. The van der Waals surface area contributed by atoms with E-state index in [1.165, 1.54) is 6.08 Å². The molecule has 1 heterocycles. The van der Waals surface area contributed by atoms with Crippen LogP contribution in [0.5, 0.6) is 0 Å². The zero-order chi connectivity index (χ0) is 18.7. The monoisotopic (exact) mass is 420 g/mol. The van der Waals surface area contributed by atoms with Crippen LogP contribution >= 0.6 is 15.9 Å². The van der Waals surface area contributed by atoms with Crippen molar-refractivity contribution in [3.05, 3.63) is 74.5 Å². The first-order valence-electron chi connectivity index (χ1n) is 8.81. The van der Waals surface area contributed by atoms with E-state index in [0.717, 1.165) is 57.1 Å². The normalized spacial score (nSPS) is 21.1. The fourth-order valence-corrected chi connectivity index (χ4v) is 5.03. The van der Waals surface area contributed by atoms with Crippen LogP contribution in [0.3, 0.4) is 0 Å². The van der Waals surface area contributed by atoms with Crippen LogP contribution in [0.1, 0.15) is 38.5 Å². The predicted molar refractivity (Wildman–Crippen MR) is 106 cm³/mol. The number of benzene rings is 2. The third-order valence-electron chi connectivity index (χ3n) is 5.72. The molecule has 3 aliphatic rings. The topological polar surface area (TPSA) is 52.9 Å². The highest BCUT2D eigenvalue weighted by Crippen LogP contribution is 2.50. The Hall–Kier alpha value is -2.71. The molecule has 5 rings (SSSR count). The van der Waals surface area contributed by atoms with Crippen LogP contribution in [0, 0.1) is 11.3 Å². The molecule has 2 aromatic rings. The molecular formula is C22H14BrFN2O. The predicted octanol–water partition coefficient (Wildman–Crippen LogP) is 5.20. The van der Waals surface area contributed by atoms with E-state index >= 15 is 0 Å². The summed E-state index contributed by atoms with van der Waals surface area (Å²) in [5.41, 5.74) is 6.47. The number of carbonyl (C=O) groups is 1. The number of halogens is 2. The van der Waals surface area contributed by atoms with E-state index in [4.69, 9.17) is 0 Å². The highest BCUT2D eigenvalue weighted by molar-refractivity contribution is 9.10. The van der Waals surface area contributed by atoms with E-state index in [2.05, 4.69) is 33.4 Å². The van der Waals surface area contributed by atoms with Crippen molar-refractivity contribution in [2.24, 2.45) is 0 Å². The fourth-order valence-electron chi connectivity index (χ4n) is 4.63. The van der Waals surface area contributed by atoms with Crippen LogP contribution in [-0.4, -0.2) is 12.3 Å². The number of aryl methyl sites for hydroxylation is 1. The molecule has 1 aliphatic heterocycles. The third kappa shape index (κ3) is 2.26. The number of nitriles is 1. The van der Waals surface area contributed by atoms with Crippen molar-refractivity contribution in [1.29, 1.82) is 5.26 Å². The van der Waals surface area contributed by atoms with Crippen molar-refractivity contribution in [3.8, 4) is 17.2 Å². The average molecular weight is 421 g/mol. The molecule has 5 heteroatoms. The Kier molecular flexibility index (Phi) is 3.60. The van der Waals surface area contributed by atoms with Gasteiger partial charge in [-0.1, -0.05) is 28.1 Å². The van der Waals surface area contributed by atoms with Crippen molar-refractivity contribution >= 4 is 27.9 Å². The molecule has 2 aliphatic carbocycles. The van der Waals surface area contributed by atoms with Crippen LogP contribution in [0.4, 0.5) is 10.1 Å². The Morgan fingerprint density at radius 1 is 1.33 bits per heavy atom. The molecule has 0 fully saturated rings. The van der Waals surface area contributed by atoms with Gasteiger partial charge in [-0.15, -0.1) is 0 Å². The van der Waals surface area contributed by atoms with Gasteiger partial charge >= 0.3 is 0 Å². The second-order valence-electron chi connectivity index (χ2n) is 7.07. The van der Waals surface area contributed by atoms with E-state index in [1.807, 2.05) is 12.1 Å². The maximum Gasteiger partial charge on any atom is 0.152 e. The molecule has 0 radical (unpaired) electrons. The van der Waals surface area contributed by atoms with Gasteiger partial charge in [0.2, 0.25) is 0 Å². The van der Waals surface area contributed by atoms with Crippen LogP contribution in [0.25, 0.3) is 11.1 Å². The van der Waals surface area contributed by atoms with Gasteiger partial charge in [0.25, 0.3) is 0 Å². The molecule has 0 spiro atoms. The number of aldehydes is 1. The summed E-state index contributed by atoms with van der Waals surface area (Å²) in [7, 11) is 0. The van der Waals surface area contributed by atoms with Crippen LogP contribution < -0.4 is 5.32 Å². The first kappa shape index (κ1) is 16.5. The molecule has 1 N–H and O–H groups in total. The lowest BCUT2D eigenvalue weighted by atomic mass is 9.77. The zero-order valence-electron chi connectivity index (χ0n) is 14.2. The maximum absolute atomic E-state index is 13.9. The van der Waals surface area contributed by atoms with Crippen molar-refractivity contribution in [3.63, 3.8) is 0 Å². The number of hydrogen-bond acceptors (Lipinski definition) is 3. The van der Waals surface area contributed by atoms with Gasteiger partial charge in [-0.25, -0.2) is 4.39 Å². The minimum Gasteiger partial charge on any atom is -0.377 e. The Bertz CT molecular complexity index is 1130. The van der Waals surface area contributed by atoms with Crippen molar-refractivity contribution in [2.75, 3.05) is 5.32 Å². The second kappa shape index (κ2) is 5.90. The number of allylic oxidation sites excluding steroid dienone is 2. The minimum atomic E-state index is -0.310. The Labute approximate surface area is 164 Å². The molecule has 0 amide bonds. The summed E-state index contributed by atoms with van der Waals surface area (Å²) in [5, 5.41) is 13.4. The Morgan fingerprint density at radius 3 is 2.96 bits per heavy atom. The summed E-state index contributed by atoms with van der Waals surface area (Å²) >= 11 is 3.51. The van der Waals surface area contributed by atoms with E-state index < -0.39 is 0 Å². The molecule has 3 nitrogen and oxygen atoms in total. The Morgan fingerprint density at radius 2 is 2.19 bits per heavy atom. The molecule has 2 atom stereocenters. The van der Waals surface area contributed by atoms with E-state index in [1.54, 1.807) is 12.2 Å². The standard InChI is InChI=1S/C22H14BrFN2O/c23-12-2-5-14-11(7-12)1-4-15-20(14)18(10-27)17(9-25)21-16-8-13(24)3-6-19(16)26-22(15)21/h2-3,5-8,10,16,19,26H,1,4H2. The van der Waals surface area contributed by atoms with Crippen molar-refractivity contribution < 1.29 is 9.18 Å². The minimum absolute atomic E-state index is 0.0936. The molecule has 0 saturated carbocycles. The lowest BCUT2D eigenvalue weighted by molar-refractivity contribution is 0.112. The van der Waals surface area contributed by atoms with E-state index in [9.17, 15) is 14.4 Å². The lowest BCUT2D eigenvalue weighted by Gasteiger charge is -2.25. The van der Waals surface area contributed by atoms with Gasteiger partial charge < -0.3 is 5.32 Å². The third-order valence-corrected chi connectivity index (χ3v) is 6.22. The van der Waals surface area contributed by atoms with Gasteiger partial charge in [0.15, 0.2) is 6.29 Å². The fraction of sp³-hybridized carbons (Fsp3) is 0.182. The first-order valence-corrected chi connectivity index (χ1v) is 9.60. The highest BCUT2D eigenvalue weighted by atomic mass is 79.9. The summed E-state index contributed by atoms with van der Waals surface area (Å²) < 4.78 is 14.9. The summed E-state index contributed by atoms with van der Waals surface area (Å²) in [6.07, 6.45) is 7.19. The van der Waals surface area contributed by atoms with E-state index in [-0.39, 0.29) is 17.8 Å². The lowest BCUT2D eigenvalue weighted by Crippen LogP contribution is -2.19. The number of hydrogen-bond donors (Lipinski definition) is 1. The smallest absolute Gasteiger partial charge is 0.152 e. The molecule has 0 aromatic heterocycles. The number of nitrogens with zero attached hydrogens (tertiary/aromatic N) is 1. The number of rotatable bonds is 1. The SMILES string of the molecule is N#Cc1c(C=O)c2c(c3c1C1C=C(F)C=CC1N3)CCc1cc(Br)ccc1-2. The summed E-state index contributed by atoms with van der Waals surface area (Å²) in [6.45, 7) is 0. The molecule has 0 bridgehead atoms. The molecule has 132 valence electrons. The van der Waals surface area contributed by atoms with Gasteiger partial charge in [0, 0.05) is 27.2 Å². The first-order chi connectivity index (χ1) is 13.1.